The van der Waals surface area contributed by atoms with Crippen molar-refractivity contribution in [2.75, 3.05) is 12.0 Å². The third-order valence-corrected chi connectivity index (χ3v) is 7.89. The van der Waals surface area contributed by atoms with Gasteiger partial charge in [-0.2, -0.15) is 0 Å². The fraction of sp³-hybridized carbons (Fsp3) is 0.345. The predicted molar refractivity (Wildman–Crippen MR) is 137 cm³/mol. The summed E-state index contributed by atoms with van der Waals surface area (Å²) in [7, 11) is 1.60. The Morgan fingerprint density at radius 3 is 2.19 bits per heavy atom. The maximum Gasteiger partial charge on any atom is 0.324 e. The van der Waals surface area contributed by atoms with Crippen LogP contribution in [0.2, 0.25) is 0 Å². The molecule has 2 N–H and O–H groups in total. The van der Waals surface area contributed by atoms with E-state index in [1.807, 2.05) is 68.4 Å². The van der Waals surface area contributed by atoms with Crippen LogP contribution in [-0.2, 0) is 27.2 Å². The van der Waals surface area contributed by atoms with Crippen LogP contribution in [0.15, 0.2) is 54.6 Å². The van der Waals surface area contributed by atoms with Crippen molar-refractivity contribution in [3.05, 3.63) is 71.3 Å². The number of para-hydroxylation sites is 1. The summed E-state index contributed by atoms with van der Waals surface area (Å²) in [5, 5.41) is 15.2. The number of carboxylic acid groups (broad SMARTS) is 1. The maximum absolute atomic E-state index is 14.1. The van der Waals surface area contributed by atoms with Crippen LogP contribution < -0.4 is 15.0 Å². The number of hydrogen-bond donors (Lipinski definition) is 2. The van der Waals surface area contributed by atoms with E-state index in [1.165, 1.54) is 11.8 Å². The number of anilines is 1. The zero-order valence-corrected chi connectivity index (χ0v) is 20.9. The molecule has 2 saturated heterocycles. The Bertz CT molecular complexity index is 1380. The fourth-order valence-electron chi connectivity index (χ4n) is 6.07. The minimum Gasteiger partial charge on any atom is -0.496 e. The number of nitrogens with one attached hydrogen (secondary N) is 1. The van der Waals surface area contributed by atoms with Crippen LogP contribution in [0.1, 0.15) is 43.5 Å². The highest BCUT2D eigenvalue weighted by atomic mass is 16.5. The second kappa shape index (κ2) is 8.75. The van der Waals surface area contributed by atoms with Gasteiger partial charge >= 0.3 is 5.97 Å². The number of carboxylic acids is 1. The first-order valence-corrected chi connectivity index (χ1v) is 12.3. The minimum atomic E-state index is -1.61. The molecule has 2 heterocycles. The van der Waals surface area contributed by atoms with Gasteiger partial charge < -0.3 is 9.84 Å². The normalized spacial score (nSPS) is 25.4. The molecular weight excluding hydrogens is 456 g/mol. The highest BCUT2D eigenvalue weighted by Gasteiger charge is 2.67. The Morgan fingerprint density at radius 2 is 1.61 bits per heavy atom. The molecule has 2 amide bonds. The van der Waals surface area contributed by atoms with Gasteiger partial charge in [0, 0.05) is 11.4 Å². The monoisotopic (exact) mass is 486 g/mol. The van der Waals surface area contributed by atoms with Gasteiger partial charge in [0.2, 0.25) is 11.8 Å². The van der Waals surface area contributed by atoms with E-state index in [2.05, 4.69) is 5.32 Å². The summed E-state index contributed by atoms with van der Waals surface area (Å²) in [6.07, 6.45) is 1.30. The first kappa shape index (κ1) is 24.0. The maximum atomic E-state index is 14.1. The number of hydrogen-bond acceptors (Lipinski definition) is 5. The number of aryl methyl sites for hydroxylation is 2. The molecule has 2 fully saturated rings. The van der Waals surface area contributed by atoms with Crippen molar-refractivity contribution in [3.8, 4) is 5.75 Å². The van der Waals surface area contributed by atoms with Crippen LogP contribution in [-0.4, -0.2) is 35.5 Å². The van der Waals surface area contributed by atoms with Crippen LogP contribution >= 0.6 is 0 Å². The molecule has 3 aromatic carbocycles. The number of benzene rings is 3. The summed E-state index contributed by atoms with van der Waals surface area (Å²) in [6.45, 7) is 5.48. The molecule has 7 nitrogen and oxygen atoms in total. The van der Waals surface area contributed by atoms with E-state index in [9.17, 15) is 19.5 Å². The lowest BCUT2D eigenvalue weighted by atomic mass is 9.80. The molecule has 5 rings (SSSR count). The van der Waals surface area contributed by atoms with E-state index in [4.69, 9.17) is 4.74 Å². The lowest BCUT2D eigenvalue weighted by Crippen LogP contribution is -2.53. The van der Waals surface area contributed by atoms with Gasteiger partial charge in [0.1, 0.15) is 11.3 Å². The Labute approximate surface area is 210 Å². The van der Waals surface area contributed by atoms with Crippen molar-refractivity contribution in [2.45, 2.75) is 45.2 Å². The first-order chi connectivity index (χ1) is 17.3. The molecule has 0 spiro atoms. The van der Waals surface area contributed by atoms with E-state index < -0.39 is 35.3 Å². The number of carbonyl (C=O) groups excluding carboxylic acids is 2. The topological polar surface area (TPSA) is 95.9 Å². The summed E-state index contributed by atoms with van der Waals surface area (Å²) < 4.78 is 5.53. The molecule has 0 bridgehead atoms. The van der Waals surface area contributed by atoms with Gasteiger partial charge in [-0.05, 0) is 47.9 Å². The molecule has 0 aliphatic carbocycles. The Morgan fingerprint density at radius 1 is 0.972 bits per heavy atom. The molecule has 2 aliphatic heterocycles. The van der Waals surface area contributed by atoms with Crippen LogP contribution in [0, 0.1) is 11.8 Å². The van der Waals surface area contributed by atoms with Crippen molar-refractivity contribution in [1.29, 1.82) is 0 Å². The molecule has 4 unspecified atom stereocenters. The van der Waals surface area contributed by atoms with Crippen LogP contribution in [0.4, 0.5) is 5.69 Å². The van der Waals surface area contributed by atoms with Crippen molar-refractivity contribution in [1.82, 2.24) is 5.32 Å². The van der Waals surface area contributed by atoms with Gasteiger partial charge in [-0.25, -0.2) is 4.90 Å². The molecule has 0 saturated carbocycles. The number of carbonyl (C=O) groups is 3. The molecule has 0 radical (unpaired) electrons. The largest absolute Gasteiger partial charge is 0.496 e. The third-order valence-electron chi connectivity index (χ3n) is 7.89. The second-order valence-electron chi connectivity index (χ2n) is 9.68. The van der Waals surface area contributed by atoms with E-state index >= 15 is 0 Å². The van der Waals surface area contributed by atoms with E-state index in [-0.39, 0.29) is 5.91 Å². The number of imide groups is 1. The van der Waals surface area contributed by atoms with Crippen molar-refractivity contribution in [3.63, 3.8) is 0 Å². The van der Waals surface area contributed by atoms with Crippen molar-refractivity contribution >= 4 is 34.2 Å². The second-order valence-corrected chi connectivity index (χ2v) is 9.68. The Balaban J connectivity index is 1.71. The number of amides is 2. The number of methoxy groups -OCH3 is 1. The summed E-state index contributed by atoms with van der Waals surface area (Å²) in [5.74, 6) is -3.18. The number of aliphatic carboxylic acids is 1. The lowest BCUT2D eigenvalue weighted by molar-refractivity contribution is -0.147. The average Bonchev–Trinajstić information content (AvgIpc) is 3.35. The predicted octanol–water partition coefficient (Wildman–Crippen LogP) is 4.27. The van der Waals surface area contributed by atoms with Gasteiger partial charge in [-0.1, -0.05) is 62.4 Å². The van der Waals surface area contributed by atoms with Gasteiger partial charge in [0.25, 0.3) is 0 Å². The highest BCUT2D eigenvalue weighted by molar-refractivity contribution is 6.25. The quantitative estimate of drug-likeness (QED) is 0.506. The standard InChI is InChI=1S/C29H30N2O5/c1-5-16-10-9-11-17(6-2)25(16)31-26(32)22-23(27(31)33)29(3,28(34)35)30-24(22)20-14-15-21(36-4)19-13-8-7-12-18(19)20/h7-15,22-24,30H,5-6H2,1-4H3,(H,34,35). The Kier molecular flexibility index (Phi) is 5.83. The molecule has 3 aromatic rings. The van der Waals surface area contributed by atoms with Crippen LogP contribution in [0.5, 0.6) is 5.75 Å². The molecule has 7 heteroatoms. The number of rotatable bonds is 6. The molecule has 0 aromatic heterocycles. The number of nitrogens with zero attached hydrogens (tertiary/aromatic N) is 1. The van der Waals surface area contributed by atoms with E-state index in [0.717, 1.165) is 27.5 Å². The van der Waals surface area contributed by atoms with Crippen molar-refractivity contribution in [2.24, 2.45) is 11.8 Å². The zero-order valence-electron chi connectivity index (χ0n) is 20.9. The molecule has 2 aliphatic rings. The zero-order chi connectivity index (χ0) is 25.8. The van der Waals surface area contributed by atoms with Gasteiger partial charge in [-0.3, -0.25) is 19.7 Å². The molecule has 36 heavy (non-hydrogen) atoms. The SMILES string of the molecule is CCc1cccc(CC)c1N1C(=O)C2C(c3ccc(OC)c4ccccc34)NC(C)(C(=O)O)C2C1=O. The average molecular weight is 487 g/mol. The summed E-state index contributed by atoms with van der Waals surface area (Å²) >= 11 is 0. The van der Waals surface area contributed by atoms with Crippen molar-refractivity contribution < 1.29 is 24.2 Å². The molecule has 4 atom stereocenters. The van der Waals surface area contributed by atoms with E-state index in [1.54, 1.807) is 7.11 Å². The molecular formula is C29H30N2O5. The molecule has 186 valence electrons. The fourth-order valence-corrected chi connectivity index (χ4v) is 6.07. The summed E-state index contributed by atoms with van der Waals surface area (Å²) in [4.78, 5) is 42.0. The van der Waals surface area contributed by atoms with Gasteiger partial charge in [0.15, 0.2) is 0 Å². The van der Waals surface area contributed by atoms with Gasteiger partial charge in [0.05, 0.1) is 24.6 Å². The van der Waals surface area contributed by atoms with Gasteiger partial charge in [-0.15, -0.1) is 0 Å². The summed E-state index contributed by atoms with van der Waals surface area (Å²) in [5.41, 5.74) is 1.57. The highest BCUT2D eigenvalue weighted by Crippen LogP contribution is 2.51. The minimum absolute atomic E-state index is 0.358. The smallest absolute Gasteiger partial charge is 0.324 e. The summed E-state index contributed by atoms with van der Waals surface area (Å²) in [6, 6.07) is 16.5. The number of ether oxygens (including phenoxy) is 1. The first-order valence-electron chi connectivity index (χ1n) is 12.3. The van der Waals surface area contributed by atoms with Crippen LogP contribution in [0.3, 0.4) is 0 Å². The van der Waals surface area contributed by atoms with E-state index in [0.29, 0.717) is 24.3 Å². The lowest BCUT2D eigenvalue weighted by Gasteiger charge is -2.29. The number of fused-ring (bicyclic) bond motifs is 2. The van der Waals surface area contributed by atoms with Crippen LogP contribution in [0.25, 0.3) is 10.8 Å². The third kappa shape index (κ3) is 3.26. The Hall–Kier alpha value is -3.71.